The van der Waals surface area contributed by atoms with Crippen molar-refractivity contribution in [1.29, 1.82) is 0 Å². The molecular formula is C74H52. The Hall–Kier alpha value is -8.84. The summed E-state index contributed by atoms with van der Waals surface area (Å²) >= 11 is 0. The molecule has 2 aliphatic carbocycles. The minimum atomic E-state index is -0.151. The zero-order chi connectivity index (χ0) is 49.5. The molecule has 0 bridgehead atoms. The van der Waals surface area contributed by atoms with Gasteiger partial charge in [-0.1, -0.05) is 240 Å². The van der Waals surface area contributed by atoms with Gasteiger partial charge >= 0.3 is 0 Å². The number of hydrogen-bond donors (Lipinski definition) is 0. The number of benzene rings is 13. The van der Waals surface area contributed by atoms with Crippen LogP contribution in [0.2, 0.25) is 0 Å². The molecule has 13 aromatic carbocycles. The lowest BCUT2D eigenvalue weighted by molar-refractivity contribution is 0.660. The highest BCUT2D eigenvalue weighted by atomic mass is 14.4. The van der Waals surface area contributed by atoms with E-state index in [1.807, 2.05) is 0 Å². The highest BCUT2D eigenvalue weighted by molar-refractivity contribution is 6.25. The van der Waals surface area contributed by atoms with Crippen molar-refractivity contribution in [3.63, 3.8) is 0 Å². The van der Waals surface area contributed by atoms with E-state index in [1.54, 1.807) is 0 Å². The molecule has 0 nitrogen and oxygen atoms in total. The largest absolute Gasteiger partial charge is 0.0616 e. The predicted octanol–water partition coefficient (Wildman–Crippen LogP) is 20.4. The van der Waals surface area contributed by atoms with Crippen molar-refractivity contribution in [2.24, 2.45) is 0 Å². The number of hydrogen-bond acceptors (Lipinski definition) is 0. The molecular weight excluding hydrogens is 889 g/mol. The molecule has 0 saturated carbocycles. The van der Waals surface area contributed by atoms with E-state index in [9.17, 15) is 0 Å². The van der Waals surface area contributed by atoms with Gasteiger partial charge in [-0.05, 0) is 185 Å². The van der Waals surface area contributed by atoms with Crippen LogP contribution in [0, 0.1) is 0 Å². The van der Waals surface area contributed by atoms with Crippen molar-refractivity contribution >= 4 is 43.1 Å². The average Bonchev–Trinajstić information content (AvgIpc) is 3.87. The molecule has 15 rings (SSSR count). The molecule has 0 N–H and O–H groups in total. The first-order chi connectivity index (χ1) is 36.1. The number of fused-ring (bicyclic) bond motifs is 7. The van der Waals surface area contributed by atoms with Gasteiger partial charge in [-0.15, -0.1) is 0 Å². The summed E-state index contributed by atoms with van der Waals surface area (Å²) in [5.41, 5.74) is 25.6. The topological polar surface area (TPSA) is 0 Å². The lowest BCUT2D eigenvalue weighted by Gasteiger charge is -2.24. The Kier molecular flexibility index (Phi) is 9.16. The normalized spacial score (nSPS) is 13.9. The van der Waals surface area contributed by atoms with E-state index in [2.05, 4.69) is 270 Å². The van der Waals surface area contributed by atoms with Crippen LogP contribution < -0.4 is 0 Å². The second-order valence-corrected chi connectivity index (χ2v) is 22.1. The van der Waals surface area contributed by atoms with Gasteiger partial charge in [-0.3, -0.25) is 0 Å². The first kappa shape index (κ1) is 42.8. The predicted molar refractivity (Wildman–Crippen MR) is 315 cm³/mol. The maximum Gasteiger partial charge on any atom is 0.0159 e. The molecule has 2 aliphatic rings. The smallest absolute Gasteiger partial charge is 0.0159 e. The summed E-state index contributed by atoms with van der Waals surface area (Å²) in [7, 11) is 0. The van der Waals surface area contributed by atoms with E-state index in [-0.39, 0.29) is 10.8 Å². The number of rotatable bonds is 6. The molecule has 0 heterocycles. The fraction of sp³-hybridized carbons (Fsp3) is 0.0811. The van der Waals surface area contributed by atoms with Crippen molar-refractivity contribution in [2.45, 2.75) is 38.5 Å². The lowest BCUT2D eigenvalue weighted by Crippen LogP contribution is -2.15. The van der Waals surface area contributed by atoms with E-state index >= 15 is 0 Å². The maximum atomic E-state index is 2.47. The van der Waals surface area contributed by atoms with Gasteiger partial charge in [-0.25, -0.2) is 0 Å². The molecule has 0 radical (unpaired) electrons. The van der Waals surface area contributed by atoms with Crippen LogP contribution in [-0.2, 0) is 10.8 Å². The van der Waals surface area contributed by atoms with Crippen LogP contribution in [0.15, 0.2) is 243 Å². The summed E-state index contributed by atoms with van der Waals surface area (Å²) in [6, 6.07) is 91.5. The molecule has 0 aliphatic heterocycles. The van der Waals surface area contributed by atoms with Gasteiger partial charge < -0.3 is 0 Å². The highest BCUT2D eigenvalue weighted by Gasteiger charge is 2.38. The Morgan fingerprint density at radius 1 is 0.203 bits per heavy atom. The van der Waals surface area contributed by atoms with Gasteiger partial charge in [0.1, 0.15) is 0 Å². The Balaban J connectivity index is 0.678. The fourth-order valence-electron chi connectivity index (χ4n) is 13.1. The zero-order valence-electron chi connectivity index (χ0n) is 42.1. The van der Waals surface area contributed by atoms with Gasteiger partial charge in [0.15, 0.2) is 0 Å². The summed E-state index contributed by atoms with van der Waals surface area (Å²) in [4.78, 5) is 0. The lowest BCUT2D eigenvalue weighted by atomic mass is 9.79. The Labute approximate surface area is 433 Å². The molecule has 0 unspecified atom stereocenters. The van der Waals surface area contributed by atoms with Crippen LogP contribution in [0.25, 0.3) is 132 Å². The summed E-state index contributed by atoms with van der Waals surface area (Å²) in [5.74, 6) is 0. The van der Waals surface area contributed by atoms with E-state index in [0.717, 1.165) is 0 Å². The first-order valence-electron chi connectivity index (χ1n) is 26.2. The van der Waals surface area contributed by atoms with Gasteiger partial charge in [0, 0.05) is 10.8 Å². The molecule has 0 aromatic heterocycles. The van der Waals surface area contributed by atoms with Crippen LogP contribution in [0.5, 0.6) is 0 Å². The molecule has 0 heteroatoms. The van der Waals surface area contributed by atoms with Crippen molar-refractivity contribution < 1.29 is 0 Å². The van der Waals surface area contributed by atoms with Crippen LogP contribution in [0.4, 0.5) is 0 Å². The molecule has 13 aromatic rings. The molecule has 0 spiro atoms. The Morgan fingerprint density at radius 3 is 0.973 bits per heavy atom. The molecule has 74 heavy (non-hydrogen) atoms. The molecule has 0 fully saturated rings. The molecule has 348 valence electrons. The maximum absolute atomic E-state index is 2.47. The van der Waals surface area contributed by atoms with Crippen LogP contribution in [0.1, 0.15) is 49.9 Å². The summed E-state index contributed by atoms with van der Waals surface area (Å²) in [6.45, 7) is 9.60. The van der Waals surface area contributed by atoms with Crippen molar-refractivity contribution in [1.82, 2.24) is 0 Å². The molecule has 0 saturated heterocycles. The minimum absolute atomic E-state index is 0.147. The molecule has 0 atom stereocenters. The van der Waals surface area contributed by atoms with E-state index in [0.29, 0.717) is 0 Å². The highest BCUT2D eigenvalue weighted by Crippen LogP contribution is 2.53. The Bertz CT molecular complexity index is 4410. The van der Waals surface area contributed by atoms with Crippen molar-refractivity contribution in [3.05, 3.63) is 265 Å². The third kappa shape index (κ3) is 6.47. The summed E-state index contributed by atoms with van der Waals surface area (Å²) in [5, 5.41) is 10.5. The quantitative estimate of drug-likeness (QED) is 0.146. The van der Waals surface area contributed by atoms with Crippen molar-refractivity contribution in [3.8, 4) is 89.0 Å². The van der Waals surface area contributed by atoms with Gasteiger partial charge in [-0.2, -0.15) is 0 Å². The molecule has 0 amide bonds. The van der Waals surface area contributed by atoms with Crippen LogP contribution >= 0.6 is 0 Å². The average molecular weight is 941 g/mol. The zero-order valence-corrected chi connectivity index (χ0v) is 42.1. The Morgan fingerprint density at radius 2 is 0.500 bits per heavy atom. The van der Waals surface area contributed by atoms with Crippen LogP contribution in [-0.4, -0.2) is 0 Å². The van der Waals surface area contributed by atoms with E-state index in [1.165, 1.54) is 154 Å². The van der Waals surface area contributed by atoms with E-state index in [4.69, 9.17) is 0 Å². The van der Waals surface area contributed by atoms with Gasteiger partial charge in [0.05, 0.1) is 0 Å². The first-order valence-corrected chi connectivity index (χ1v) is 26.2. The monoisotopic (exact) mass is 940 g/mol. The third-order valence-electron chi connectivity index (χ3n) is 17.3. The second-order valence-electron chi connectivity index (χ2n) is 22.1. The summed E-state index contributed by atoms with van der Waals surface area (Å²) < 4.78 is 0. The second kappa shape index (κ2) is 15.8. The summed E-state index contributed by atoms with van der Waals surface area (Å²) in [6.07, 6.45) is 0. The van der Waals surface area contributed by atoms with E-state index < -0.39 is 0 Å². The SMILES string of the molecule is CC1(C)c2cc(-c3ccc(-c4ccc(-c5ccc6ccccc6c5)cc4)cc3)ccc2-c2ccc(-c3ccc4c(c3)C(C)(C)c3cc(-c5ccc(-c6ccc7ccc8cccc9ccc6c7c89)cc5)ccc3-4)cc21. The van der Waals surface area contributed by atoms with Gasteiger partial charge in [0.2, 0.25) is 0 Å². The van der Waals surface area contributed by atoms with Crippen molar-refractivity contribution in [2.75, 3.05) is 0 Å². The van der Waals surface area contributed by atoms with Crippen LogP contribution in [0.3, 0.4) is 0 Å². The van der Waals surface area contributed by atoms with Gasteiger partial charge in [0.25, 0.3) is 0 Å². The third-order valence-corrected chi connectivity index (χ3v) is 17.3. The standard InChI is InChI=1S/C74H52/c1-73(2)67-41-57(49-18-14-47(15-19-49)46-12-16-48(17-13-46)56-27-22-45-8-5-6-9-55(45)40-56)30-35-62(67)64-37-32-59(43-69(64)73)60-33-38-65-63-36-31-58(42-68(63)74(3,4)70(65)44-60)50-20-23-51(24-21-50)61-34-28-54-26-25-52-10-7-11-53-29-39-66(61)72(54)71(52)53/h5-44H,1-4H3. The fourth-order valence-corrected chi connectivity index (χ4v) is 13.1. The minimum Gasteiger partial charge on any atom is -0.0616 e.